The van der Waals surface area contributed by atoms with Crippen molar-refractivity contribution in [3.05, 3.63) is 10.6 Å². The fourth-order valence-electron chi connectivity index (χ4n) is 1.20. The molecule has 0 N–H and O–H groups in total. The van der Waals surface area contributed by atoms with Crippen molar-refractivity contribution in [2.45, 2.75) is 38.4 Å². The molecule has 1 aliphatic rings. The van der Waals surface area contributed by atoms with Crippen LogP contribution >= 0.6 is 0 Å². The van der Waals surface area contributed by atoms with Crippen molar-refractivity contribution in [1.29, 1.82) is 0 Å². The van der Waals surface area contributed by atoms with Gasteiger partial charge in [-0.25, -0.2) is 6.17 Å². The zero-order chi connectivity index (χ0) is 6.91. The smallest absolute Gasteiger partial charge is 0 e. The van der Waals surface area contributed by atoms with E-state index in [1.807, 2.05) is 7.05 Å². The third kappa shape index (κ3) is 4.78. The molecule has 4 heteroatoms. The van der Waals surface area contributed by atoms with Gasteiger partial charge in [0.1, 0.15) is 0 Å². The summed E-state index contributed by atoms with van der Waals surface area (Å²) in [5.41, 5.74) is 0.199. The van der Waals surface area contributed by atoms with E-state index in [0.29, 0.717) is 6.17 Å². The van der Waals surface area contributed by atoms with Crippen LogP contribution < -0.4 is 0 Å². The van der Waals surface area contributed by atoms with E-state index in [2.05, 4.69) is 24.5 Å². The van der Waals surface area contributed by atoms with Gasteiger partial charge in [0.25, 0.3) is 0 Å². The summed E-state index contributed by atoms with van der Waals surface area (Å²) in [6, 6.07) is 0. The van der Waals surface area contributed by atoms with E-state index in [0.717, 1.165) is 6.42 Å². The summed E-state index contributed by atoms with van der Waals surface area (Å²) in [6.45, 7) is 4.33. The van der Waals surface area contributed by atoms with Crippen LogP contribution in [0.2, 0.25) is 0 Å². The molecule has 1 saturated heterocycles. The first-order chi connectivity index (χ1) is 4.14. The Kier molecular flexibility index (Phi) is 7.88. The van der Waals surface area contributed by atoms with Gasteiger partial charge < -0.3 is 10.6 Å². The summed E-state index contributed by atoms with van der Waals surface area (Å²) < 4.78 is 0. The summed E-state index contributed by atoms with van der Waals surface area (Å²) in [6.07, 6.45) is 2.62. The fraction of sp³-hybridized carbons (Fsp3) is 1.00. The maximum absolute atomic E-state index is 4.47. The Hall–Kier alpha value is 1.30. The second-order valence-electron chi connectivity index (χ2n) is 3.22. The quantitative estimate of drug-likeness (QED) is 0.536. The average Bonchev–Trinajstić information content (AvgIpc) is 2.10. The summed E-state index contributed by atoms with van der Waals surface area (Å²) in [7, 11) is 1.84. The molecule has 1 heterocycles. The van der Waals surface area contributed by atoms with Crippen molar-refractivity contribution >= 4 is 0 Å². The molecule has 1 atom stereocenters. The van der Waals surface area contributed by atoms with E-state index in [-0.39, 0.29) is 47.7 Å². The fourth-order valence-corrected chi connectivity index (χ4v) is 1.20. The molecule has 0 saturated carbocycles. The molecule has 0 spiro atoms. The van der Waals surface area contributed by atoms with E-state index >= 15 is 0 Å². The summed E-state index contributed by atoms with van der Waals surface area (Å²) in [5.74, 6) is 0. The topological polar surface area (TPSA) is 28.2 Å². The number of hydrogen-bond acceptors (Lipinski definition) is 0. The Labute approximate surface area is 97.8 Å². The molecule has 0 aromatic heterocycles. The van der Waals surface area contributed by atoms with Gasteiger partial charge in [-0.1, -0.05) is 26.7 Å². The largest absolute Gasteiger partial charge is 0.681 e. The van der Waals surface area contributed by atoms with Gasteiger partial charge in [0.05, 0.1) is 0 Å². The minimum atomic E-state index is 0. The Morgan fingerprint density at radius 1 is 1.36 bits per heavy atom. The Morgan fingerprint density at radius 3 is 2.09 bits per heavy atom. The molecule has 0 radical (unpaired) electrons. The molecular weight excluding hydrogens is 480 g/mol. The zero-order valence-corrected chi connectivity index (χ0v) is 13.1. The molecule has 0 aromatic carbocycles. The van der Waals surface area contributed by atoms with Crippen molar-refractivity contribution in [1.82, 2.24) is 0 Å². The SMILES string of the molecule is C[N-]C1CCC(C)(C)[N-]1.[W].[W]. The van der Waals surface area contributed by atoms with E-state index in [4.69, 9.17) is 0 Å². The minimum absolute atomic E-state index is 0. The molecule has 11 heavy (non-hydrogen) atoms. The van der Waals surface area contributed by atoms with Crippen LogP contribution in [0.3, 0.4) is 0 Å². The normalized spacial score (nSPS) is 27.0. The molecule has 1 rings (SSSR count). The predicted molar refractivity (Wildman–Crippen MR) is 39.7 cm³/mol. The maximum atomic E-state index is 4.47. The van der Waals surface area contributed by atoms with Gasteiger partial charge in [-0.15, -0.1) is 5.54 Å². The second-order valence-corrected chi connectivity index (χ2v) is 3.22. The molecule has 0 amide bonds. The van der Waals surface area contributed by atoms with Gasteiger partial charge in [-0.05, 0) is 0 Å². The van der Waals surface area contributed by atoms with Crippen LogP contribution in [0.1, 0.15) is 26.7 Å². The van der Waals surface area contributed by atoms with Crippen molar-refractivity contribution in [3.63, 3.8) is 0 Å². The predicted octanol–water partition coefficient (Wildman–Crippen LogP) is 2.26. The van der Waals surface area contributed by atoms with Crippen molar-refractivity contribution in [2.24, 2.45) is 0 Å². The van der Waals surface area contributed by atoms with Crippen LogP contribution in [0.25, 0.3) is 10.6 Å². The van der Waals surface area contributed by atoms with Crippen molar-refractivity contribution in [2.75, 3.05) is 7.05 Å². The van der Waals surface area contributed by atoms with E-state index in [9.17, 15) is 0 Å². The first-order valence-electron chi connectivity index (χ1n) is 3.45. The third-order valence-corrected chi connectivity index (χ3v) is 1.81. The number of nitrogens with zero attached hydrogens (tertiary/aromatic N) is 2. The summed E-state index contributed by atoms with van der Waals surface area (Å²) >= 11 is 0. The van der Waals surface area contributed by atoms with Crippen molar-refractivity contribution < 1.29 is 42.1 Å². The molecule has 66 valence electrons. The first-order valence-corrected chi connectivity index (χ1v) is 3.45. The van der Waals surface area contributed by atoms with Gasteiger partial charge in [0.15, 0.2) is 0 Å². The van der Waals surface area contributed by atoms with Crippen LogP contribution in [0.4, 0.5) is 0 Å². The molecule has 0 aliphatic carbocycles. The molecule has 1 fully saturated rings. The third-order valence-electron chi connectivity index (χ3n) is 1.81. The Morgan fingerprint density at radius 2 is 1.91 bits per heavy atom. The van der Waals surface area contributed by atoms with Crippen LogP contribution in [-0.2, 0) is 42.1 Å². The van der Waals surface area contributed by atoms with Gasteiger partial charge >= 0.3 is 0 Å². The van der Waals surface area contributed by atoms with E-state index < -0.39 is 0 Å². The summed E-state index contributed by atoms with van der Waals surface area (Å²) in [4.78, 5) is 0. The standard InChI is InChI=1S/C7H14N2.2W/c1-7(2)5-4-6(8-3)9-7;;/h6H,4-5H2,1-3H3;;/q-2;;. The summed E-state index contributed by atoms with van der Waals surface area (Å²) in [5, 5.41) is 8.59. The molecule has 0 aromatic rings. The molecular formula is C7H14N2W2-2. The van der Waals surface area contributed by atoms with Gasteiger partial charge in [-0.2, -0.15) is 7.05 Å². The van der Waals surface area contributed by atoms with E-state index in [1.165, 1.54) is 6.42 Å². The Balaban J connectivity index is 0. The minimum Gasteiger partial charge on any atom is -0.681 e. The van der Waals surface area contributed by atoms with Crippen LogP contribution in [0, 0.1) is 0 Å². The van der Waals surface area contributed by atoms with Crippen molar-refractivity contribution in [3.8, 4) is 0 Å². The van der Waals surface area contributed by atoms with Crippen LogP contribution in [0.5, 0.6) is 0 Å². The second kappa shape index (κ2) is 5.86. The Bertz CT molecular complexity index is 107. The molecule has 0 bridgehead atoms. The first kappa shape index (κ1) is 14.8. The monoisotopic (exact) mass is 494 g/mol. The number of rotatable bonds is 1. The zero-order valence-electron chi connectivity index (χ0n) is 7.20. The van der Waals surface area contributed by atoms with Gasteiger partial charge in [-0.3, -0.25) is 0 Å². The maximum Gasteiger partial charge on any atom is 0 e. The van der Waals surface area contributed by atoms with Crippen LogP contribution in [-0.4, -0.2) is 18.8 Å². The molecule has 2 nitrogen and oxygen atoms in total. The van der Waals surface area contributed by atoms with E-state index in [1.54, 1.807) is 0 Å². The molecule has 1 unspecified atom stereocenters. The van der Waals surface area contributed by atoms with Crippen LogP contribution in [0.15, 0.2) is 0 Å². The van der Waals surface area contributed by atoms with Gasteiger partial charge in [0, 0.05) is 42.1 Å². The van der Waals surface area contributed by atoms with Gasteiger partial charge in [0.2, 0.25) is 0 Å². The molecule has 1 aliphatic heterocycles. The average molecular weight is 494 g/mol. The number of hydrogen-bond donors (Lipinski definition) is 0.